The zero-order chi connectivity index (χ0) is 17.7. The summed E-state index contributed by atoms with van der Waals surface area (Å²) in [6, 6.07) is 5.22. The van der Waals surface area contributed by atoms with Gasteiger partial charge in [-0.25, -0.2) is 8.42 Å². The number of nitrogens with zero attached hydrogens (tertiary/aromatic N) is 2. The van der Waals surface area contributed by atoms with Crippen molar-refractivity contribution in [2.24, 2.45) is 0 Å². The molecule has 25 heavy (non-hydrogen) atoms. The van der Waals surface area contributed by atoms with E-state index in [4.69, 9.17) is 0 Å². The van der Waals surface area contributed by atoms with Gasteiger partial charge in [0.05, 0.1) is 4.90 Å². The maximum absolute atomic E-state index is 12.8. The van der Waals surface area contributed by atoms with E-state index in [9.17, 15) is 13.2 Å². The third-order valence-electron chi connectivity index (χ3n) is 4.52. The van der Waals surface area contributed by atoms with E-state index in [1.54, 1.807) is 17.0 Å². The van der Waals surface area contributed by atoms with Crippen LogP contribution in [0.3, 0.4) is 0 Å². The Morgan fingerprint density at radius 1 is 1.12 bits per heavy atom. The van der Waals surface area contributed by atoms with Crippen LogP contribution < -0.4 is 5.32 Å². The summed E-state index contributed by atoms with van der Waals surface area (Å²) in [5, 5.41) is 3.02. The fourth-order valence-corrected chi connectivity index (χ4v) is 4.28. The largest absolute Gasteiger partial charge is 0.340 e. The number of nitrogens with one attached hydrogen (secondary N) is 1. The SMILES string of the molecule is CNCCCC(=O)N1CCN(S(=O)(=O)c2ccc(C)c(C)c2)CC1.Cl. The van der Waals surface area contributed by atoms with Gasteiger partial charge in [0.25, 0.3) is 0 Å². The molecule has 142 valence electrons. The number of carbonyl (C=O) groups is 1. The number of sulfonamides is 1. The first kappa shape index (κ1) is 21.9. The summed E-state index contributed by atoms with van der Waals surface area (Å²) >= 11 is 0. The number of hydrogen-bond donors (Lipinski definition) is 1. The van der Waals surface area contributed by atoms with E-state index < -0.39 is 10.0 Å². The first-order valence-electron chi connectivity index (χ1n) is 8.36. The van der Waals surface area contributed by atoms with Crippen molar-refractivity contribution < 1.29 is 13.2 Å². The summed E-state index contributed by atoms with van der Waals surface area (Å²) < 4.78 is 27.0. The summed E-state index contributed by atoms with van der Waals surface area (Å²) in [6.45, 7) is 6.32. The van der Waals surface area contributed by atoms with E-state index in [2.05, 4.69) is 5.32 Å². The highest BCUT2D eigenvalue weighted by molar-refractivity contribution is 7.89. The molecule has 0 aromatic heterocycles. The molecular weight excluding hydrogens is 362 g/mol. The Kier molecular flexibility index (Phi) is 8.34. The van der Waals surface area contributed by atoms with Crippen molar-refractivity contribution >= 4 is 28.3 Å². The van der Waals surface area contributed by atoms with Crippen molar-refractivity contribution in [1.82, 2.24) is 14.5 Å². The van der Waals surface area contributed by atoms with Gasteiger partial charge < -0.3 is 10.2 Å². The molecule has 1 aromatic rings. The van der Waals surface area contributed by atoms with Crippen molar-refractivity contribution in [2.45, 2.75) is 31.6 Å². The highest BCUT2D eigenvalue weighted by atomic mass is 35.5. The van der Waals surface area contributed by atoms with E-state index >= 15 is 0 Å². The molecule has 6 nitrogen and oxygen atoms in total. The number of rotatable bonds is 6. The van der Waals surface area contributed by atoms with Crippen LogP contribution in [0.2, 0.25) is 0 Å². The van der Waals surface area contributed by atoms with Gasteiger partial charge in [0.2, 0.25) is 15.9 Å². The van der Waals surface area contributed by atoms with Gasteiger partial charge in [0.1, 0.15) is 0 Å². The average molecular weight is 390 g/mol. The quantitative estimate of drug-likeness (QED) is 0.749. The number of halogens is 1. The minimum absolute atomic E-state index is 0. The third-order valence-corrected chi connectivity index (χ3v) is 6.42. The Balaban J connectivity index is 0.00000312. The second-order valence-corrected chi connectivity index (χ2v) is 8.18. The maximum Gasteiger partial charge on any atom is 0.243 e. The van der Waals surface area contributed by atoms with Crippen LogP contribution in [0.1, 0.15) is 24.0 Å². The molecule has 1 saturated heterocycles. The number of benzene rings is 1. The number of amides is 1. The van der Waals surface area contributed by atoms with Crippen molar-refractivity contribution in [3.05, 3.63) is 29.3 Å². The van der Waals surface area contributed by atoms with Crippen molar-refractivity contribution in [2.75, 3.05) is 39.8 Å². The van der Waals surface area contributed by atoms with Gasteiger partial charge in [0.15, 0.2) is 0 Å². The average Bonchev–Trinajstić information content (AvgIpc) is 2.57. The van der Waals surface area contributed by atoms with E-state index in [0.29, 0.717) is 37.5 Å². The highest BCUT2D eigenvalue weighted by Gasteiger charge is 2.30. The molecule has 1 amide bonds. The number of piperazine rings is 1. The second-order valence-electron chi connectivity index (χ2n) is 6.24. The molecule has 1 N–H and O–H groups in total. The summed E-state index contributed by atoms with van der Waals surface area (Å²) in [6.07, 6.45) is 1.31. The molecular formula is C17H28ClN3O3S. The van der Waals surface area contributed by atoms with Crippen LogP contribution in [0, 0.1) is 13.8 Å². The molecule has 0 bridgehead atoms. The number of hydrogen-bond acceptors (Lipinski definition) is 4. The maximum atomic E-state index is 12.8. The molecule has 2 rings (SSSR count). The smallest absolute Gasteiger partial charge is 0.243 e. The lowest BCUT2D eigenvalue weighted by Crippen LogP contribution is -2.50. The predicted octanol–water partition coefficient (Wildman–Crippen LogP) is 1.56. The van der Waals surface area contributed by atoms with Crippen LogP contribution in [-0.2, 0) is 14.8 Å². The van der Waals surface area contributed by atoms with Gasteiger partial charge in [0, 0.05) is 32.6 Å². The van der Waals surface area contributed by atoms with E-state index in [-0.39, 0.29) is 18.3 Å². The van der Waals surface area contributed by atoms with Gasteiger partial charge >= 0.3 is 0 Å². The van der Waals surface area contributed by atoms with Crippen LogP contribution in [0.25, 0.3) is 0 Å². The summed E-state index contributed by atoms with van der Waals surface area (Å²) in [5.41, 5.74) is 2.04. The lowest BCUT2D eigenvalue weighted by atomic mass is 10.1. The van der Waals surface area contributed by atoms with Crippen molar-refractivity contribution in [3.8, 4) is 0 Å². The molecule has 1 aliphatic heterocycles. The third kappa shape index (κ3) is 5.41. The minimum atomic E-state index is -3.49. The minimum Gasteiger partial charge on any atom is -0.340 e. The monoisotopic (exact) mass is 389 g/mol. The summed E-state index contributed by atoms with van der Waals surface area (Å²) in [7, 11) is -1.62. The van der Waals surface area contributed by atoms with E-state index in [1.165, 1.54) is 4.31 Å². The van der Waals surface area contributed by atoms with Crippen LogP contribution in [0.15, 0.2) is 23.1 Å². The molecule has 0 radical (unpaired) electrons. The molecule has 0 spiro atoms. The van der Waals surface area contributed by atoms with Crippen molar-refractivity contribution in [3.63, 3.8) is 0 Å². The Labute approximate surface area is 157 Å². The molecule has 1 aliphatic rings. The fraction of sp³-hybridized carbons (Fsp3) is 0.588. The van der Waals surface area contributed by atoms with Gasteiger partial charge in [-0.1, -0.05) is 6.07 Å². The first-order chi connectivity index (χ1) is 11.4. The molecule has 1 fully saturated rings. The second kappa shape index (κ2) is 9.52. The van der Waals surface area contributed by atoms with E-state index in [1.807, 2.05) is 27.0 Å². The Bertz CT molecular complexity index is 686. The summed E-state index contributed by atoms with van der Waals surface area (Å²) in [4.78, 5) is 14.2. The fourth-order valence-electron chi connectivity index (χ4n) is 2.78. The Morgan fingerprint density at radius 3 is 2.32 bits per heavy atom. The normalized spacial score (nSPS) is 15.7. The number of aryl methyl sites for hydroxylation is 2. The molecule has 0 saturated carbocycles. The molecule has 1 aromatic carbocycles. The van der Waals surface area contributed by atoms with Crippen molar-refractivity contribution in [1.29, 1.82) is 0 Å². The van der Waals surface area contributed by atoms with Gasteiger partial charge in [-0.05, 0) is 57.1 Å². The topological polar surface area (TPSA) is 69.7 Å². The number of carbonyl (C=O) groups excluding carboxylic acids is 1. The van der Waals surface area contributed by atoms with Crippen LogP contribution in [0.4, 0.5) is 0 Å². The molecule has 0 unspecified atom stereocenters. The zero-order valence-corrected chi connectivity index (χ0v) is 16.8. The Morgan fingerprint density at radius 2 is 1.76 bits per heavy atom. The zero-order valence-electron chi connectivity index (χ0n) is 15.1. The first-order valence-corrected chi connectivity index (χ1v) is 9.80. The van der Waals surface area contributed by atoms with Crippen LogP contribution >= 0.6 is 12.4 Å². The van der Waals surface area contributed by atoms with Gasteiger partial charge in [-0.3, -0.25) is 4.79 Å². The molecule has 0 aliphatic carbocycles. The van der Waals surface area contributed by atoms with Crippen LogP contribution in [-0.4, -0.2) is 63.3 Å². The standard InChI is InChI=1S/C17H27N3O3S.ClH/c1-14-6-7-16(13-15(14)2)24(22,23)20-11-9-19(10-12-20)17(21)5-4-8-18-3;/h6-7,13,18H,4-5,8-12H2,1-3H3;1H. The predicted molar refractivity (Wildman–Crippen MR) is 102 cm³/mol. The molecule has 0 atom stereocenters. The van der Waals surface area contributed by atoms with E-state index in [0.717, 1.165) is 24.1 Å². The highest BCUT2D eigenvalue weighted by Crippen LogP contribution is 2.20. The van der Waals surface area contributed by atoms with Gasteiger partial charge in [-0.2, -0.15) is 4.31 Å². The molecule has 1 heterocycles. The summed E-state index contributed by atoms with van der Waals surface area (Å²) in [5.74, 6) is 0.105. The lowest BCUT2D eigenvalue weighted by molar-refractivity contribution is -0.132. The Hall–Kier alpha value is -1.15. The lowest BCUT2D eigenvalue weighted by Gasteiger charge is -2.34. The van der Waals surface area contributed by atoms with Crippen LogP contribution in [0.5, 0.6) is 0 Å². The molecule has 8 heteroatoms. The van der Waals surface area contributed by atoms with Gasteiger partial charge in [-0.15, -0.1) is 12.4 Å².